The summed E-state index contributed by atoms with van der Waals surface area (Å²) in [6.45, 7) is 4.62. The molecule has 1 fully saturated rings. The molecule has 94 valence electrons. The Balaban J connectivity index is 1.76. The number of hydrogen-bond acceptors (Lipinski definition) is 3. The molecule has 1 aliphatic rings. The number of likely N-dealkylation sites (tertiary alicyclic amines) is 1. The maximum Gasteiger partial charge on any atom is 0.222 e. The van der Waals surface area contributed by atoms with Crippen LogP contribution >= 0.6 is 0 Å². The maximum absolute atomic E-state index is 11.5. The number of carbonyl (C=O) groups is 1. The van der Waals surface area contributed by atoms with Crippen LogP contribution < -0.4 is 5.32 Å². The monoisotopic (exact) mass is 236 g/mol. The van der Waals surface area contributed by atoms with Crippen LogP contribution in [0, 0.1) is 0 Å². The van der Waals surface area contributed by atoms with Gasteiger partial charge in [-0.2, -0.15) is 0 Å². The fourth-order valence-corrected chi connectivity index (χ4v) is 2.13. The standard InChI is InChI=1S/C12H20N4O/c1-10(8-16-5-3-4-12(16)17)14-7-11-6-13-9-15(11)2/h6,9-10,14H,3-5,7-8H2,1-2H3. The van der Waals surface area contributed by atoms with Gasteiger partial charge in [0, 0.05) is 45.3 Å². The normalized spacial score (nSPS) is 17.8. The highest BCUT2D eigenvalue weighted by molar-refractivity contribution is 5.78. The number of amides is 1. The van der Waals surface area contributed by atoms with Gasteiger partial charge in [0.2, 0.25) is 5.91 Å². The van der Waals surface area contributed by atoms with Gasteiger partial charge in [-0.15, -0.1) is 0 Å². The van der Waals surface area contributed by atoms with E-state index in [0.717, 1.165) is 31.7 Å². The Morgan fingerprint density at radius 3 is 3.00 bits per heavy atom. The maximum atomic E-state index is 11.5. The number of nitrogens with one attached hydrogen (secondary N) is 1. The molecule has 0 bridgehead atoms. The zero-order valence-electron chi connectivity index (χ0n) is 10.5. The van der Waals surface area contributed by atoms with E-state index in [9.17, 15) is 4.79 Å². The molecule has 5 heteroatoms. The number of imidazole rings is 1. The molecule has 17 heavy (non-hydrogen) atoms. The van der Waals surface area contributed by atoms with Gasteiger partial charge >= 0.3 is 0 Å². The van der Waals surface area contributed by atoms with Crippen molar-refractivity contribution < 1.29 is 4.79 Å². The number of aryl methyl sites for hydroxylation is 1. The molecule has 0 spiro atoms. The van der Waals surface area contributed by atoms with Gasteiger partial charge in [-0.05, 0) is 13.3 Å². The Bertz CT molecular complexity index is 388. The quantitative estimate of drug-likeness (QED) is 0.811. The van der Waals surface area contributed by atoms with Crippen molar-refractivity contribution >= 4 is 5.91 Å². The van der Waals surface area contributed by atoms with Gasteiger partial charge in [0.15, 0.2) is 0 Å². The minimum absolute atomic E-state index is 0.291. The number of hydrogen-bond donors (Lipinski definition) is 1. The Labute approximate surface area is 102 Å². The van der Waals surface area contributed by atoms with Gasteiger partial charge < -0.3 is 14.8 Å². The number of nitrogens with zero attached hydrogens (tertiary/aromatic N) is 3. The lowest BCUT2D eigenvalue weighted by molar-refractivity contribution is -0.127. The highest BCUT2D eigenvalue weighted by Crippen LogP contribution is 2.09. The van der Waals surface area contributed by atoms with Gasteiger partial charge in [0.25, 0.3) is 0 Å². The molecular weight excluding hydrogens is 216 g/mol. The molecule has 0 aliphatic carbocycles. The van der Waals surface area contributed by atoms with Crippen molar-refractivity contribution in [2.75, 3.05) is 13.1 Å². The lowest BCUT2D eigenvalue weighted by Gasteiger charge is -2.21. The summed E-state index contributed by atoms with van der Waals surface area (Å²) in [5.41, 5.74) is 1.16. The van der Waals surface area contributed by atoms with Crippen LogP contribution in [0.5, 0.6) is 0 Å². The third kappa shape index (κ3) is 3.06. The van der Waals surface area contributed by atoms with E-state index in [-0.39, 0.29) is 0 Å². The third-order valence-electron chi connectivity index (χ3n) is 3.21. The zero-order valence-corrected chi connectivity index (χ0v) is 10.5. The van der Waals surface area contributed by atoms with Crippen molar-refractivity contribution in [3.05, 3.63) is 18.2 Å². The number of carbonyl (C=O) groups excluding carboxylic acids is 1. The Morgan fingerprint density at radius 2 is 2.41 bits per heavy atom. The van der Waals surface area contributed by atoms with E-state index in [1.165, 1.54) is 0 Å². The third-order valence-corrected chi connectivity index (χ3v) is 3.21. The fraction of sp³-hybridized carbons (Fsp3) is 0.667. The lowest BCUT2D eigenvalue weighted by atomic mass is 10.3. The summed E-state index contributed by atoms with van der Waals surface area (Å²) < 4.78 is 2.00. The molecule has 1 saturated heterocycles. The first-order chi connectivity index (χ1) is 8.16. The summed E-state index contributed by atoms with van der Waals surface area (Å²) in [5.74, 6) is 0.291. The van der Waals surface area contributed by atoms with Crippen molar-refractivity contribution in [3.63, 3.8) is 0 Å². The van der Waals surface area contributed by atoms with E-state index in [1.54, 1.807) is 6.33 Å². The number of aromatic nitrogens is 2. The van der Waals surface area contributed by atoms with Crippen LogP contribution in [0.3, 0.4) is 0 Å². The predicted molar refractivity (Wildman–Crippen MR) is 65.3 cm³/mol. The van der Waals surface area contributed by atoms with Crippen LogP contribution in [-0.4, -0.2) is 39.5 Å². The minimum Gasteiger partial charge on any atom is -0.341 e. The topological polar surface area (TPSA) is 50.2 Å². The molecule has 1 atom stereocenters. The van der Waals surface area contributed by atoms with Gasteiger partial charge in [0.1, 0.15) is 0 Å². The van der Waals surface area contributed by atoms with E-state index in [2.05, 4.69) is 17.2 Å². The van der Waals surface area contributed by atoms with Gasteiger partial charge in [0.05, 0.1) is 12.0 Å². The van der Waals surface area contributed by atoms with Gasteiger partial charge in [-0.25, -0.2) is 4.98 Å². The summed E-state index contributed by atoms with van der Waals surface area (Å²) in [7, 11) is 1.98. The second-order valence-corrected chi connectivity index (χ2v) is 4.72. The second-order valence-electron chi connectivity index (χ2n) is 4.72. The first-order valence-corrected chi connectivity index (χ1v) is 6.13. The molecule has 1 N–H and O–H groups in total. The van der Waals surface area contributed by atoms with E-state index in [0.29, 0.717) is 18.4 Å². The summed E-state index contributed by atoms with van der Waals surface area (Å²) in [6, 6.07) is 0.312. The molecular formula is C12H20N4O. The molecule has 1 aromatic heterocycles. The molecule has 0 radical (unpaired) electrons. The van der Waals surface area contributed by atoms with E-state index in [1.807, 2.05) is 22.7 Å². The Hall–Kier alpha value is -1.36. The van der Waals surface area contributed by atoms with E-state index >= 15 is 0 Å². The zero-order chi connectivity index (χ0) is 12.3. The van der Waals surface area contributed by atoms with Crippen LogP contribution in [0.4, 0.5) is 0 Å². The highest BCUT2D eigenvalue weighted by atomic mass is 16.2. The van der Waals surface area contributed by atoms with Gasteiger partial charge in [-0.1, -0.05) is 0 Å². The fourth-order valence-electron chi connectivity index (χ4n) is 2.13. The molecule has 1 unspecified atom stereocenters. The molecule has 1 aromatic rings. The second kappa shape index (κ2) is 5.31. The van der Waals surface area contributed by atoms with Crippen LogP contribution in [-0.2, 0) is 18.4 Å². The van der Waals surface area contributed by atoms with Gasteiger partial charge in [-0.3, -0.25) is 4.79 Å². The lowest BCUT2D eigenvalue weighted by Crippen LogP contribution is -2.39. The molecule has 5 nitrogen and oxygen atoms in total. The predicted octanol–water partition coefficient (Wildman–Crippen LogP) is 0.521. The molecule has 0 aromatic carbocycles. The smallest absolute Gasteiger partial charge is 0.222 e. The van der Waals surface area contributed by atoms with Crippen molar-refractivity contribution in [2.24, 2.45) is 7.05 Å². The first kappa shape index (κ1) is 12.1. The van der Waals surface area contributed by atoms with E-state index < -0.39 is 0 Å². The molecule has 0 saturated carbocycles. The van der Waals surface area contributed by atoms with Crippen LogP contribution in [0.1, 0.15) is 25.5 Å². The Morgan fingerprint density at radius 1 is 1.59 bits per heavy atom. The summed E-state index contributed by atoms with van der Waals surface area (Å²) in [4.78, 5) is 17.5. The number of rotatable bonds is 5. The summed E-state index contributed by atoms with van der Waals surface area (Å²) in [6.07, 6.45) is 5.38. The van der Waals surface area contributed by atoms with Crippen LogP contribution in [0.25, 0.3) is 0 Å². The van der Waals surface area contributed by atoms with Crippen molar-refractivity contribution in [1.82, 2.24) is 19.8 Å². The first-order valence-electron chi connectivity index (χ1n) is 6.13. The summed E-state index contributed by atoms with van der Waals surface area (Å²) >= 11 is 0. The highest BCUT2D eigenvalue weighted by Gasteiger charge is 2.21. The largest absolute Gasteiger partial charge is 0.341 e. The van der Waals surface area contributed by atoms with Crippen LogP contribution in [0.2, 0.25) is 0 Å². The molecule has 1 aliphatic heterocycles. The summed E-state index contributed by atoms with van der Waals surface area (Å²) in [5, 5.41) is 3.42. The van der Waals surface area contributed by atoms with Crippen molar-refractivity contribution in [1.29, 1.82) is 0 Å². The average Bonchev–Trinajstić information content (AvgIpc) is 2.86. The van der Waals surface area contributed by atoms with Crippen molar-refractivity contribution in [2.45, 2.75) is 32.4 Å². The van der Waals surface area contributed by atoms with E-state index in [4.69, 9.17) is 0 Å². The average molecular weight is 236 g/mol. The Kier molecular flexibility index (Phi) is 3.78. The molecule has 2 heterocycles. The van der Waals surface area contributed by atoms with Crippen LogP contribution in [0.15, 0.2) is 12.5 Å². The molecule has 1 amide bonds. The SMILES string of the molecule is CC(CN1CCCC1=O)NCc1cncn1C. The molecule has 2 rings (SSSR count). The minimum atomic E-state index is 0.291. The van der Waals surface area contributed by atoms with Crippen molar-refractivity contribution in [3.8, 4) is 0 Å².